The van der Waals surface area contributed by atoms with Gasteiger partial charge in [0.2, 0.25) is 5.91 Å². The number of carbonyl (C=O) groups is 1. The summed E-state index contributed by atoms with van der Waals surface area (Å²) in [5.74, 6) is 2.63. The van der Waals surface area contributed by atoms with Crippen LogP contribution in [0.5, 0.6) is 0 Å². The Labute approximate surface area is 128 Å². The molecule has 2 heterocycles. The molecular weight excluding hydrogens is 282 g/mol. The summed E-state index contributed by atoms with van der Waals surface area (Å²) < 4.78 is 1.87. The predicted octanol–water partition coefficient (Wildman–Crippen LogP) is 3.37. The molecule has 3 atom stereocenters. The van der Waals surface area contributed by atoms with Crippen molar-refractivity contribution in [2.75, 3.05) is 5.32 Å². The molecule has 1 amide bonds. The van der Waals surface area contributed by atoms with Crippen LogP contribution in [-0.2, 0) is 11.3 Å². The van der Waals surface area contributed by atoms with Crippen molar-refractivity contribution in [2.45, 2.75) is 32.2 Å². The summed E-state index contributed by atoms with van der Waals surface area (Å²) in [6.45, 7) is 0.711. The van der Waals surface area contributed by atoms with E-state index in [1.807, 2.05) is 10.7 Å². The zero-order valence-electron chi connectivity index (χ0n) is 11.9. The van der Waals surface area contributed by atoms with Crippen molar-refractivity contribution in [2.24, 2.45) is 17.8 Å². The summed E-state index contributed by atoms with van der Waals surface area (Å²) in [6, 6.07) is 3.98. The average molecular weight is 301 g/mol. The summed E-state index contributed by atoms with van der Waals surface area (Å²) in [5.41, 5.74) is 1.22. The Bertz CT molecular complexity index is 634. The van der Waals surface area contributed by atoms with Crippen LogP contribution in [-0.4, -0.2) is 15.7 Å². The maximum atomic E-state index is 12.5. The Kier molecular flexibility index (Phi) is 3.30. The van der Waals surface area contributed by atoms with Gasteiger partial charge in [0, 0.05) is 12.0 Å². The van der Waals surface area contributed by atoms with Crippen molar-refractivity contribution in [3.63, 3.8) is 0 Å². The molecule has 0 unspecified atom stereocenters. The van der Waals surface area contributed by atoms with E-state index in [0.29, 0.717) is 12.5 Å². The molecule has 4 rings (SSSR count). The molecule has 0 aliphatic heterocycles. The predicted molar refractivity (Wildman–Crippen MR) is 83.2 cm³/mol. The van der Waals surface area contributed by atoms with Gasteiger partial charge in [-0.3, -0.25) is 4.79 Å². The van der Waals surface area contributed by atoms with Gasteiger partial charge in [0.15, 0.2) is 0 Å². The third kappa shape index (κ3) is 2.50. The molecule has 0 radical (unpaired) electrons. The first-order valence-electron chi connectivity index (χ1n) is 7.63. The van der Waals surface area contributed by atoms with E-state index >= 15 is 0 Å². The summed E-state index contributed by atoms with van der Waals surface area (Å²) in [6.07, 6.45) is 6.64. The van der Waals surface area contributed by atoms with Gasteiger partial charge >= 0.3 is 0 Å². The monoisotopic (exact) mass is 301 g/mol. The first-order valence-corrected chi connectivity index (χ1v) is 8.57. The molecule has 2 saturated carbocycles. The third-order valence-electron chi connectivity index (χ3n) is 4.96. The molecule has 2 aromatic heterocycles. The Morgan fingerprint density at radius 2 is 2.33 bits per heavy atom. The quantitative estimate of drug-likeness (QED) is 0.941. The fraction of sp³-hybridized carbons (Fsp3) is 0.500. The topological polar surface area (TPSA) is 46.9 Å². The molecule has 2 bridgehead atoms. The lowest BCUT2D eigenvalue weighted by atomic mass is 9.88. The Morgan fingerprint density at radius 1 is 1.38 bits per heavy atom. The Balaban J connectivity index is 1.45. The standard InChI is InChI=1S/C16H19N3OS/c20-16(14-8-11-1-2-13(14)7-11)18-15-3-5-17-19(15)9-12-4-6-21-10-12/h3-6,10-11,13-14H,1-2,7-9H2,(H,18,20)/t11-,13-,14+/m0/s1. The van der Waals surface area contributed by atoms with Gasteiger partial charge in [-0.05, 0) is 53.5 Å². The number of hydrogen-bond acceptors (Lipinski definition) is 3. The van der Waals surface area contributed by atoms with Gasteiger partial charge in [0.05, 0.1) is 12.7 Å². The van der Waals surface area contributed by atoms with Crippen molar-refractivity contribution in [3.8, 4) is 0 Å². The number of fused-ring (bicyclic) bond motifs is 2. The molecule has 2 aliphatic rings. The molecule has 2 aliphatic carbocycles. The molecule has 2 fully saturated rings. The highest BCUT2D eigenvalue weighted by molar-refractivity contribution is 7.07. The van der Waals surface area contributed by atoms with E-state index in [0.717, 1.165) is 18.2 Å². The van der Waals surface area contributed by atoms with E-state index in [1.54, 1.807) is 17.5 Å². The van der Waals surface area contributed by atoms with Crippen LogP contribution in [0.2, 0.25) is 0 Å². The van der Waals surface area contributed by atoms with Gasteiger partial charge in [0.1, 0.15) is 5.82 Å². The Morgan fingerprint density at radius 3 is 3.05 bits per heavy atom. The first kappa shape index (κ1) is 13.1. The second-order valence-electron chi connectivity index (χ2n) is 6.28. The van der Waals surface area contributed by atoms with Gasteiger partial charge in [-0.2, -0.15) is 16.4 Å². The normalized spacial score (nSPS) is 27.1. The van der Waals surface area contributed by atoms with Crippen LogP contribution >= 0.6 is 11.3 Å². The summed E-state index contributed by atoms with van der Waals surface area (Å²) in [5, 5.41) is 11.6. The van der Waals surface area contributed by atoms with Crippen molar-refractivity contribution in [3.05, 3.63) is 34.7 Å². The number of thiophene rings is 1. The van der Waals surface area contributed by atoms with Crippen molar-refractivity contribution >= 4 is 23.1 Å². The molecule has 2 aromatic rings. The van der Waals surface area contributed by atoms with Crippen LogP contribution in [0.15, 0.2) is 29.1 Å². The highest BCUT2D eigenvalue weighted by Crippen LogP contribution is 2.48. The highest BCUT2D eigenvalue weighted by atomic mass is 32.1. The molecule has 4 nitrogen and oxygen atoms in total. The van der Waals surface area contributed by atoms with Crippen LogP contribution in [0.3, 0.4) is 0 Å². The summed E-state index contributed by atoms with van der Waals surface area (Å²) in [7, 11) is 0. The van der Waals surface area contributed by atoms with Crippen LogP contribution in [0.25, 0.3) is 0 Å². The number of nitrogens with one attached hydrogen (secondary N) is 1. The number of hydrogen-bond donors (Lipinski definition) is 1. The highest BCUT2D eigenvalue weighted by Gasteiger charge is 2.43. The lowest BCUT2D eigenvalue weighted by Crippen LogP contribution is -2.28. The number of nitrogens with zero attached hydrogens (tertiary/aromatic N) is 2. The zero-order chi connectivity index (χ0) is 14.2. The molecule has 21 heavy (non-hydrogen) atoms. The molecule has 0 saturated heterocycles. The van der Waals surface area contributed by atoms with E-state index in [1.165, 1.54) is 24.8 Å². The number of amides is 1. The Hall–Kier alpha value is -1.62. The van der Waals surface area contributed by atoms with Crippen molar-refractivity contribution in [1.29, 1.82) is 0 Å². The van der Waals surface area contributed by atoms with Gasteiger partial charge < -0.3 is 5.32 Å². The minimum atomic E-state index is 0.189. The third-order valence-corrected chi connectivity index (χ3v) is 5.69. The molecule has 110 valence electrons. The molecular formula is C16H19N3OS. The van der Waals surface area contributed by atoms with Crippen LogP contribution < -0.4 is 5.32 Å². The zero-order valence-corrected chi connectivity index (χ0v) is 12.7. The van der Waals surface area contributed by atoms with E-state index in [9.17, 15) is 4.79 Å². The lowest BCUT2D eigenvalue weighted by molar-refractivity contribution is -0.121. The SMILES string of the molecule is O=C(Nc1ccnn1Cc1ccsc1)[C@@H]1C[C@H]2CC[C@H]1C2. The smallest absolute Gasteiger partial charge is 0.228 e. The fourth-order valence-corrected chi connectivity index (χ4v) is 4.56. The maximum absolute atomic E-state index is 12.5. The van der Waals surface area contributed by atoms with Gasteiger partial charge in [-0.25, -0.2) is 4.68 Å². The summed E-state index contributed by atoms with van der Waals surface area (Å²) >= 11 is 1.68. The number of aromatic nitrogens is 2. The number of carbonyl (C=O) groups excluding carboxylic acids is 1. The second-order valence-corrected chi connectivity index (χ2v) is 7.06. The molecule has 1 N–H and O–H groups in total. The average Bonchev–Trinajstić information content (AvgIpc) is 3.23. The second kappa shape index (κ2) is 5.30. The van der Waals surface area contributed by atoms with E-state index in [-0.39, 0.29) is 11.8 Å². The first-order chi connectivity index (χ1) is 10.3. The van der Waals surface area contributed by atoms with E-state index < -0.39 is 0 Å². The van der Waals surface area contributed by atoms with Gasteiger partial charge in [0.25, 0.3) is 0 Å². The van der Waals surface area contributed by atoms with E-state index in [2.05, 4.69) is 27.2 Å². The largest absolute Gasteiger partial charge is 0.311 e. The van der Waals surface area contributed by atoms with Crippen molar-refractivity contribution < 1.29 is 4.79 Å². The fourth-order valence-electron chi connectivity index (χ4n) is 3.91. The summed E-state index contributed by atoms with van der Waals surface area (Å²) in [4.78, 5) is 12.5. The lowest BCUT2D eigenvalue weighted by Gasteiger charge is -2.21. The van der Waals surface area contributed by atoms with Crippen LogP contribution in [0, 0.1) is 17.8 Å². The molecule has 0 aromatic carbocycles. The maximum Gasteiger partial charge on any atom is 0.228 e. The van der Waals surface area contributed by atoms with Crippen molar-refractivity contribution in [1.82, 2.24) is 9.78 Å². The molecule has 0 spiro atoms. The van der Waals surface area contributed by atoms with Gasteiger partial charge in [-0.15, -0.1) is 0 Å². The molecule has 5 heteroatoms. The minimum absolute atomic E-state index is 0.189. The number of rotatable bonds is 4. The van der Waals surface area contributed by atoms with E-state index in [4.69, 9.17) is 0 Å². The van der Waals surface area contributed by atoms with Crippen LogP contribution in [0.1, 0.15) is 31.2 Å². The van der Waals surface area contributed by atoms with Crippen LogP contribution in [0.4, 0.5) is 5.82 Å². The van der Waals surface area contributed by atoms with Gasteiger partial charge in [-0.1, -0.05) is 6.42 Å². The minimum Gasteiger partial charge on any atom is -0.311 e. The number of anilines is 1.